The van der Waals surface area contributed by atoms with E-state index in [-0.39, 0.29) is 5.41 Å². The summed E-state index contributed by atoms with van der Waals surface area (Å²) in [6, 6.07) is 7.64. The molecule has 0 aromatic heterocycles. The van der Waals surface area contributed by atoms with Crippen LogP contribution in [0.2, 0.25) is 0 Å². The van der Waals surface area contributed by atoms with Crippen LogP contribution in [-0.2, 0) is 0 Å². The van der Waals surface area contributed by atoms with E-state index < -0.39 is 0 Å². The second-order valence-corrected chi connectivity index (χ2v) is 4.84. The molecule has 0 fully saturated rings. The van der Waals surface area contributed by atoms with Crippen LogP contribution in [0, 0.1) is 5.41 Å². The summed E-state index contributed by atoms with van der Waals surface area (Å²) in [6.07, 6.45) is 2.04. The molecule has 0 amide bonds. The van der Waals surface area contributed by atoms with Gasteiger partial charge in [0.15, 0.2) is 0 Å². The summed E-state index contributed by atoms with van der Waals surface area (Å²) in [7, 11) is 1.66. The molecule has 0 spiro atoms. The lowest BCUT2D eigenvalue weighted by molar-refractivity contribution is 0.225. The van der Waals surface area contributed by atoms with Crippen molar-refractivity contribution < 1.29 is 9.47 Å². The molecule has 3 heteroatoms. The van der Waals surface area contributed by atoms with Crippen molar-refractivity contribution in [2.45, 2.75) is 26.7 Å². The van der Waals surface area contributed by atoms with E-state index in [0.29, 0.717) is 12.5 Å². The minimum absolute atomic E-state index is 0.175. The van der Waals surface area contributed by atoms with E-state index in [1.54, 1.807) is 7.11 Å². The second-order valence-electron chi connectivity index (χ2n) is 4.57. The summed E-state index contributed by atoms with van der Waals surface area (Å²) in [6.45, 7) is 5.05. The maximum atomic E-state index is 5.96. The van der Waals surface area contributed by atoms with Crippen LogP contribution in [-0.4, -0.2) is 19.6 Å². The smallest absolute Gasteiger partial charge is 0.119 e. The monoisotopic (exact) mass is 256 g/mol. The molecule has 1 aromatic carbocycles. The molecule has 0 heterocycles. The number of benzene rings is 1. The predicted octanol–water partition coefficient (Wildman–Crippen LogP) is 4.12. The van der Waals surface area contributed by atoms with Crippen LogP contribution in [0.25, 0.3) is 0 Å². The van der Waals surface area contributed by atoms with Crippen molar-refractivity contribution in [2.24, 2.45) is 5.41 Å². The molecule has 0 aliphatic carbocycles. The third-order valence-corrected chi connectivity index (χ3v) is 3.86. The zero-order valence-corrected chi connectivity index (χ0v) is 11.6. The van der Waals surface area contributed by atoms with Crippen molar-refractivity contribution in [2.75, 3.05) is 19.6 Å². The van der Waals surface area contributed by atoms with Crippen LogP contribution in [0.5, 0.6) is 11.5 Å². The zero-order chi connectivity index (χ0) is 12.7. The number of hydrogen-bond donors (Lipinski definition) is 0. The first-order valence-electron chi connectivity index (χ1n) is 5.96. The van der Waals surface area contributed by atoms with Gasteiger partial charge in [0.1, 0.15) is 11.5 Å². The van der Waals surface area contributed by atoms with Gasteiger partial charge in [0.25, 0.3) is 0 Å². The van der Waals surface area contributed by atoms with Gasteiger partial charge in [-0.3, -0.25) is 0 Å². The van der Waals surface area contributed by atoms with Crippen molar-refractivity contribution in [3.05, 3.63) is 24.3 Å². The Balaban J connectivity index is 2.40. The first-order valence-corrected chi connectivity index (χ1v) is 6.50. The molecule has 1 aromatic rings. The van der Waals surface area contributed by atoms with Crippen LogP contribution < -0.4 is 9.47 Å². The molecule has 0 bridgehead atoms. The van der Waals surface area contributed by atoms with E-state index in [0.717, 1.165) is 24.3 Å². The van der Waals surface area contributed by atoms with E-state index in [2.05, 4.69) is 13.8 Å². The maximum absolute atomic E-state index is 5.96. The van der Waals surface area contributed by atoms with Crippen molar-refractivity contribution >= 4 is 11.6 Å². The number of ether oxygens (including phenoxy) is 2. The Morgan fingerprint density at radius 2 is 1.76 bits per heavy atom. The number of rotatable bonds is 7. The first kappa shape index (κ1) is 14.2. The molecule has 0 aliphatic heterocycles. The number of halogens is 1. The molecule has 1 atom stereocenters. The highest BCUT2D eigenvalue weighted by molar-refractivity contribution is 6.18. The van der Waals surface area contributed by atoms with Gasteiger partial charge >= 0.3 is 0 Å². The Hall–Kier alpha value is -0.890. The standard InChI is InChI=1S/C14H21ClO2/c1-4-14(2,11-15)9-10-17-13-7-5-12(16-3)6-8-13/h5-8H,4,9-11H2,1-3H3. The minimum Gasteiger partial charge on any atom is -0.497 e. The van der Waals surface area contributed by atoms with Gasteiger partial charge in [-0.25, -0.2) is 0 Å². The quantitative estimate of drug-likeness (QED) is 0.684. The van der Waals surface area contributed by atoms with Crippen LogP contribution in [0.15, 0.2) is 24.3 Å². The highest BCUT2D eigenvalue weighted by Gasteiger charge is 2.20. The maximum Gasteiger partial charge on any atom is 0.119 e. The lowest BCUT2D eigenvalue weighted by atomic mass is 9.87. The zero-order valence-electron chi connectivity index (χ0n) is 10.8. The number of hydrogen-bond acceptors (Lipinski definition) is 2. The van der Waals surface area contributed by atoms with Gasteiger partial charge < -0.3 is 9.47 Å². The van der Waals surface area contributed by atoms with Crippen LogP contribution in [0.3, 0.4) is 0 Å². The number of alkyl halides is 1. The molecule has 17 heavy (non-hydrogen) atoms. The number of methoxy groups -OCH3 is 1. The van der Waals surface area contributed by atoms with E-state index >= 15 is 0 Å². The summed E-state index contributed by atoms with van der Waals surface area (Å²) in [5.41, 5.74) is 0.175. The summed E-state index contributed by atoms with van der Waals surface area (Å²) in [4.78, 5) is 0. The fourth-order valence-electron chi connectivity index (χ4n) is 1.43. The van der Waals surface area contributed by atoms with Gasteiger partial charge in [-0.1, -0.05) is 13.8 Å². The van der Waals surface area contributed by atoms with Gasteiger partial charge in [-0.15, -0.1) is 11.6 Å². The largest absolute Gasteiger partial charge is 0.497 e. The SMILES string of the molecule is CCC(C)(CCl)CCOc1ccc(OC)cc1. The van der Waals surface area contributed by atoms with Gasteiger partial charge in [0.2, 0.25) is 0 Å². The normalized spacial score (nSPS) is 14.1. The molecule has 0 saturated carbocycles. The van der Waals surface area contributed by atoms with Gasteiger partial charge in [0, 0.05) is 5.88 Å². The van der Waals surface area contributed by atoms with Crippen molar-refractivity contribution in [3.63, 3.8) is 0 Å². The highest BCUT2D eigenvalue weighted by atomic mass is 35.5. The Morgan fingerprint density at radius 1 is 1.18 bits per heavy atom. The molecule has 0 aliphatic rings. The van der Waals surface area contributed by atoms with Crippen molar-refractivity contribution in [1.29, 1.82) is 0 Å². The second kappa shape index (κ2) is 6.75. The van der Waals surface area contributed by atoms with Crippen LogP contribution in [0.4, 0.5) is 0 Å². The van der Waals surface area contributed by atoms with E-state index in [9.17, 15) is 0 Å². The summed E-state index contributed by atoms with van der Waals surface area (Å²) in [5, 5.41) is 0. The molecule has 2 nitrogen and oxygen atoms in total. The van der Waals surface area contributed by atoms with Crippen molar-refractivity contribution in [1.82, 2.24) is 0 Å². The lowest BCUT2D eigenvalue weighted by Gasteiger charge is -2.25. The molecule has 0 radical (unpaired) electrons. The minimum atomic E-state index is 0.175. The first-order chi connectivity index (χ1) is 8.13. The molecule has 1 rings (SSSR count). The fourth-order valence-corrected chi connectivity index (χ4v) is 1.75. The fraction of sp³-hybridized carbons (Fsp3) is 0.571. The Morgan fingerprint density at radius 3 is 2.24 bits per heavy atom. The molecular formula is C14H21ClO2. The summed E-state index contributed by atoms with van der Waals surface area (Å²) < 4.78 is 10.8. The Kier molecular flexibility index (Phi) is 5.63. The predicted molar refractivity (Wildman–Crippen MR) is 72.2 cm³/mol. The molecule has 96 valence electrons. The van der Waals surface area contributed by atoms with Gasteiger partial charge in [-0.05, 0) is 42.5 Å². The van der Waals surface area contributed by atoms with E-state index in [1.807, 2.05) is 24.3 Å². The average Bonchev–Trinajstić information content (AvgIpc) is 2.39. The molecule has 1 unspecified atom stereocenters. The van der Waals surface area contributed by atoms with Gasteiger partial charge in [-0.2, -0.15) is 0 Å². The molecule has 0 saturated heterocycles. The van der Waals surface area contributed by atoms with E-state index in [4.69, 9.17) is 21.1 Å². The third-order valence-electron chi connectivity index (χ3n) is 3.21. The Bertz CT molecular complexity index is 317. The molecule has 0 N–H and O–H groups in total. The average molecular weight is 257 g/mol. The van der Waals surface area contributed by atoms with Crippen LogP contribution in [0.1, 0.15) is 26.7 Å². The van der Waals surface area contributed by atoms with E-state index in [1.165, 1.54) is 0 Å². The Labute approximate surface area is 109 Å². The third kappa shape index (κ3) is 4.47. The summed E-state index contributed by atoms with van der Waals surface area (Å²) >= 11 is 5.96. The van der Waals surface area contributed by atoms with Crippen LogP contribution >= 0.6 is 11.6 Å². The van der Waals surface area contributed by atoms with Gasteiger partial charge in [0.05, 0.1) is 13.7 Å². The molecular weight excluding hydrogens is 236 g/mol. The summed E-state index contributed by atoms with van der Waals surface area (Å²) in [5.74, 6) is 2.39. The van der Waals surface area contributed by atoms with Crippen molar-refractivity contribution in [3.8, 4) is 11.5 Å². The lowest BCUT2D eigenvalue weighted by Crippen LogP contribution is -2.20. The highest BCUT2D eigenvalue weighted by Crippen LogP contribution is 2.27. The topological polar surface area (TPSA) is 18.5 Å².